The fraction of sp³-hybridized carbons (Fsp3) is 0.188. The number of carbonyl (C=O) groups excluding carboxylic acids is 2. The summed E-state index contributed by atoms with van der Waals surface area (Å²) in [5.41, 5.74) is 5.03. The number of carboxylic acids is 1. The van der Waals surface area contributed by atoms with E-state index in [9.17, 15) is 29.7 Å². The van der Waals surface area contributed by atoms with E-state index in [-0.39, 0.29) is 35.1 Å². The molecular formula is C16H16BN5O7S. The minimum absolute atomic E-state index is 0.0312. The first-order valence-electron chi connectivity index (χ1n) is 8.51. The largest absolute Gasteiger partial charge is 0.547 e. The molecule has 1 aliphatic heterocycles. The number of para-hydroxylation sites is 1. The van der Waals surface area contributed by atoms with Crippen LogP contribution in [0.2, 0.25) is 0 Å². The number of anilines is 1. The highest BCUT2D eigenvalue weighted by Crippen LogP contribution is 2.30. The Balaban J connectivity index is 1.73. The molecule has 30 heavy (non-hydrogen) atoms. The molecule has 0 fully saturated rings. The quantitative estimate of drug-likeness (QED) is 0.138. The molecule has 1 aromatic heterocycles. The van der Waals surface area contributed by atoms with E-state index < -0.39 is 36.6 Å². The number of carbonyl (C=O) groups is 3. The molecule has 0 bridgehead atoms. The van der Waals surface area contributed by atoms with Gasteiger partial charge in [-0.3, -0.25) is 9.59 Å². The molecule has 0 saturated carbocycles. The third-order valence-corrected chi connectivity index (χ3v) is 4.94. The fourth-order valence-electron chi connectivity index (χ4n) is 2.79. The molecule has 1 aliphatic rings. The topological polar surface area (TPSA) is 196 Å². The molecule has 0 spiro atoms. The number of rotatable bonds is 7. The molecule has 12 nitrogen and oxygen atoms in total. The minimum Gasteiger partial charge on any atom is -0.534 e. The first-order chi connectivity index (χ1) is 14.3. The zero-order chi connectivity index (χ0) is 21.8. The van der Waals surface area contributed by atoms with E-state index in [1.54, 1.807) is 6.07 Å². The maximum absolute atomic E-state index is 12.6. The maximum atomic E-state index is 12.6. The Hall–Kier alpha value is -3.65. The molecule has 3 rings (SSSR count). The van der Waals surface area contributed by atoms with Crippen LogP contribution in [-0.2, 0) is 16.0 Å². The van der Waals surface area contributed by atoms with Crippen molar-refractivity contribution in [1.29, 1.82) is 0 Å². The van der Waals surface area contributed by atoms with Crippen LogP contribution in [0, 0.1) is 0 Å². The number of aromatic carboxylic acids is 1. The molecule has 0 saturated heterocycles. The second-order valence-electron chi connectivity index (χ2n) is 6.20. The minimum atomic E-state index is -1.52. The summed E-state index contributed by atoms with van der Waals surface area (Å²) in [5, 5.41) is 38.5. The number of aromatic nitrogens is 1. The predicted molar refractivity (Wildman–Crippen MR) is 106 cm³/mol. The lowest BCUT2D eigenvalue weighted by Crippen LogP contribution is -2.54. The van der Waals surface area contributed by atoms with Gasteiger partial charge >= 0.3 is 13.1 Å². The second-order valence-corrected chi connectivity index (χ2v) is 7.06. The molecular weight excluding hydrogens is 417 g/mol. The zero-order valence-corrected chi connectivity index (χ0v) is 16.0. The highest BCUT2D eigenvalue weighted by molar-refractivity contribution is 7.14. The van der Waals surface area contributed by atoms with Gasteiger partial charge in [-0.1, -0.05) is 17.3 Å². The van der Waals surface area contributed by atoms with Gasteiger partial charge in [0, 0.05) is 5.38 Å². The Bertz CT molecular complexity index is 1030. The van der Waals surface area contributed by atoms with Crippen molar-refractivity contribution in [2.75, 3.05) is 11.9 Å². The molecule has 156 valence electrons. The van der Waals surface area contributed by atoms with E-state index >= 15 is 0 Å². The van der Waals surface area contributed by atoms with Crippen LogP contribution in [0.5, 0.6) is 5.75 Å². The average molecular weight is 433 g/mol. The molecule has 0 radical (unpaired) electrons. The number of carboxylic acid groups (broad SMARTS) is 1. The number of amides is 2. The van der Waals surface area contributed by atoms with Gasteiger partial charge in [0.15, 0.2) is 10.8 Å². The Morgan fingerprint density at radius 3 is 2.83 bits per heavy atom. The molecule has 2 heterocycles. The number of benzene rings is 1. The van der Waals surface area contributed by atoms with Gasteiger partial charge in [-0.05, 0) is 18.1 Å². The third kappa shape index (κ3) is 4.50. The second kappa shape index (κ2) is 8.79. The van der Waals surface area contributed by atoms with Crippen molar-refractivity contribution >= 4 is 47.1 Å². The van der Waals surface area contributed by atoms with Gasteiger partial charge in [0.25, 0.3) is 5.91 Å². The summed E-state index contributed by atoms with van der Waals surface area (Å²) < 4.78 is 5.31. The molecule has 1 aromatic carbocycles. The van der Waals surface area contributed by atoms with Gasteiger partial charge in [-0.15, -0.1) is 11.3 Å². The monoisotopic (exact) mass is 433 g/mol. The molecule has 0 aliphatic carbocycles. The number of fused-ring (bicyclic) bond motifs is 1. The van der Waals surface area contributed by atoms with Crippen molar-refractivity contribution in [2.24, 2.45) is 10.9 Å². The SMILES string of the molecule is NC(=O)CNc1nc(C(=NO)C(=O)NC2Cc3cccc(C(=O)O)c3OB2O)cs1. The van der Waals surface area contributed by atoms with E-state index in [0.29, 0.717) is 5.56 Å². The number of nitrogens with zero attached hydrogens (tertiary/aromatic N) is 2. The molecule has 14 heteroatoms. The Labute approximate surface area is 173 Å². The van der Waals surface area contributed by atoms with Crippen molar-refractivity contribution in [3.8, 4) is 5.75 Å². The van der Waals surface area contributed by atoms with Gasteiger partial charge in [-0.2, -0.15) is 0 Å². The van der Waals surface area contributed by atoms with E-state index in [0.717, 1.165) is 11.3 Å². The van der Waals surface area contributed by atoms with Crippen LogP contribution in [0.15, 0.2) is 28.7 Å². The van der Waals surface area contributed by atoms with Gasteiger partial charge in [0.1, 0.15) is 11.4 Å². The normalized spacial score (nSPS) is 15.7. The van der Waals surface area contributed by atoms with Crippen LogP contribution in [0.4, 0.5) is 5.13 Å². The first kappa shape index (κ1) is 21.1. The highest BCUT2D eigenvalue weighted by atomic mass is 32.1. The number of nitrogens with one attached hydrogen (secondary N) is 2. The summed E-state index contributed by atoms with van der Waals surface area (Å²) in [6.07, 6.45) is 0.0878. The van der Waals surface area contributed by atoms with E-state index in [2.05, 4.69) is 20.8 Å². The highest BCUT2D eigenvalue weighted by Gasteiger charge is 2.38. The summed E-state index contributed by atoms with van der Waals surface area (Å²) in [6.45, 7) is -0.159. The molecule has 1 unspecified atom stereocenters. The van der Waals surface area contributed by atoms with E-state index in [1.165, 1.54) is 17.5 Å². The van der Waals surface area contributed by atoms with Gasteiger partial charge in [0.2, 0.25) is 5.91 Å². The van der Waals surface area contributed by atoms with E-state index in [4.69, 9.17) is 10.4 Å². The van der Waals surface area contributed by atoms with Crippen LogP contribution in [0.25, 0.3) is 0 Å². The van der Waals surface area contributed by atoms with Gasteiger partial charge in [0.05, 0.1) is 18.0 Å². The predicted octanol–water partition coefficient (Wildman–Crippen LogP) is -0.944. The Morgan fingerprint density at radius 2 is 2.17 bits per heavy atom. The summed E-state index contributed by atoms with van der Waals surface area (Å²) in [4.78, 5) is 38.7. The lowest BCUT2D eigenvalue weighted by atomic mass is 9.72. The first-order valence-corrected chi connectivity index (χ1v) is 9.39. The number of hydrogen-bond donors (Lipinski definition) is 6. The standard InChI is InChI=1S/C16H16BN5O7S/c18-11(23)5-19-16-20-9(6-30-16)12(22-28)14(24)21-10-4-7-2-1-3-8(15(25)26)13(7)29-17(10)27/h1-3,6,10,27-28H,4-5H2,(H2,18,23)(H,19,20)(H,21,24)(H,25,26). The van der Waals surface area contributed by atoms with Crippen molar-refractivity contribution in [1.82, 2.24) is 10.3 Å². The zero-order valence-electron chi connectivity index (χ0n) is 15.2. The number of primary amides is 1. The number of nitrogens with two attached hydrogens (primary N) is 1. The number of oxime groups is 1. The maximum Gasteiger partial charge on any atom is 0.547 e. The summed E-state index contributed by atoms with van der Waals surface area (Å²) >= 11 is 1.06. The van der Waals surface area contributed by atoms with Crippen LogP contribution in [0.1, 0.15) is 21.6 Å². The van der Waals surface area contributed by atoms with Crippen LogP contribution in [0.3, 0.4) is 0 Å². The fourth-order valence-corrected chi connectivity index (χ4v) is 3.49. The van der Waals surface area contributed by atoms with Crippen molar-refractivity contribution in [3.63, 3.8) is 0 Å². The smallest absolute Gasteiger partial charge is 0.534 e. The average Bonchev–Trinajstić information content (AvgIpc) is 3.15. The van der Waals surface area contributed by atoms with Crippen LogP contribution < -0.4 is 21.0 Å². The van der Waals surface area contributed by atoms with E-state index in [1.807, 2.05) is 0 Å². The summed E-state index contributed by atoms with van der Waals surface area (Å²) in [5.74, 6) is -3.55. The molecule has 1 atom stereocenters. The Morgan fingerprint density at radius 1 is 1.40 bits per heavy atom. The van der Waals surface area contributed by atoms with Crippen molar-refractivity contribution in [2.45, 2.75) is 12.4 Å². The van der Waals surface area contributed by atoms with Crippen molar-refractivity contribution in [3.05, 3.63) is 40.4 Å². The third-order valence-electron chi connectivity index (χ3n) is 4.14. The summed E-state index contributed by atoms with van der Waals surface area (Å²) in [6, 6.07) is 4.49. The van der Waals surface area contributed by atoms with Crippen molar-refractivity contribution < 1.29 is 34.4 Å². The molecule has 2 amide bonds. The van der Waals surface area contributed by atoms with Crippen LogP contribution in [-0.4, -0.2) is 63.4 Å². The number of hydrogen-bond acceptors (Lipinski definition) is 10. The lowest BCUT2D eigenvalue weighted by Gasteiger charge is -2.28. The molecule has 7 N–H and O–H groups in total. The summed E-state index contributed by atoms with van der Waals surface area (Å²) in [7, 11) is -1.52. The van der Waals surface area contributed by atoms with Gasteiger partial charge < -0.3 is 36.4 Å². The van der Waals surface area contributed by atoms with Gasteiger partial charge in [-0.25, -0.2) is 9.78 Å². The van der Waals surface area contributed by atoms with Crippen LogP contribution >= 0.6 is 11.3 Å². The Kier molecular flexibility index (Phi) is 6.18. The number of thiazole rings is 1. The lowest BCUT2D eigenvalue weighted by molar-refractivity contribution is -0.116. The molecule has 2 aromatic rings.